The number of Topliss-reactive ketones (excluding diaryl/α,β-unsaturated/α-hetero) is 1. The SMILES string of the molecule is CC(C)(O)C(=O)c1ccc(CO)cc1. The molecule has 76 valence electrons. The quantitative estimate of drug-likeness (QED) is 0.709. The van der Waals surface area contributed by atoms with E-state index in [1.54, 1.807) is 24.3 Å². The molecule has 2 N–H and O–H groups in total. The third kappa shape index (κ3) is 2.40. The van der Waals surface area contributed by atoms with E-state index in [1.807, 2.05) is 0 Å². The first-order chi connectivity index (χ1) is 6.45. The molecule has 14 heavy (non-hydrogen) atoms. The fourth-order valence-corrected chi connectivity index (χ4v) is 1.11. The lowest BCUT2D eigenvalue weighted by Gasteiger charge is -2.15. The molecule has 0 spiro atoms. The molecule has 0 radical (unpaired) electrons. The van der Waals surface area contributed by atoms with E-state index in [4.69, 9.17) is 5.11 Å². The predicted molar refractivity (Wildman–Crippen MR) is 53.0 cm³/mol. The molecule has 0 amide bonds. The van der Waals surface area contributed by atoms with Crippen molar-refractivity contribution in [1.29, 1.82) is 0 Å². The number of aliphatic hydroxyl groups excluding tert-OH is 1. The summed E-state index contributed by atoms with van der Waals surface area (Å²) in [6.45, 7) is 2.86. The van der Waals surface area contributed by atoms with E-state index in [0.717, 1.165) is 5.56 Å². The average molecular weight is 194 g/mol. The molecule has 0 fully saturated rings. The molecule has 0 aliphatic carbocycles. The van der Waals surface area contributed by atoms with Crippen molar-refractivity contribution in [2.45, 2.75) is 26.1 Å². The Morgan fingerprint density at radius 2 is 1.79 bits per heavy atom. The monoisotopic (exact) mass is 194 g/mol. The standard InChI is InChI=1S/C11H14O3/c1-11(2,14)10(13)9-5-3-8(7-12)4-6-9/h3-6,12,14H,7H2,1-2H3. The summed E-state index contributed by atoms with van der Waals surface area (Å²) in [6, 6.07) is 6.54. The van der Waals surface area contributed by atoms with E-state index >= 15 is 0 Å². The van der Waals surface area contributed by atoms with Crippen molar-refractivity contribution in [3.63, 3.8) is 0 Å². The van der Waals surface area contributed by atoms with E-state index in [-0.39, 0.29) is 12.4 Å². The minimum absolute atomic E-state index is 0.0447. The van der Waals surface area contributed by atoms with Crippen molar-refractivity contribution in [3.8, 4) is 0 Å². The number of rotatable bonds is 3. The molecule has 0 aromatic heterocycles. The Morgan fingerprint density at radius 3 is 2.14 bits per heavy atom. The number of carbonyl (C=O) groups is 1. The maximum atomic E-state index is 11.6. The summed E-state index contributed by atoms with van der Waals surface area (Å²) in [4.78, 5) is 11.6. The van der Waals surface area contributed by atoms with Gasteiger partial charge in [-0.05, 0) is 19.4 Å². The number of hydrogen-bond donors (Lipinski definition) is 2. The smallest absolute Gasteiger partial charge is 0.193 e. The number of hydrogen-bond acceptors (Lipinski definition) is 3. The van der Waals surface area contributed by atoms with Gasteiger partial charge in [0.15, 0.2) is 5.78 Å². The van der Waals surface area contributed by atoms with Gasteiger partial charge >= 0.3 is 0 Å². The molecule has 0 aliphatic heterocycles. The number of carbonyl (C=O) groups excluding carboxylic acids is 1. The molecule has 1 rings (SSSR count). The van der Waals surface area contributed by atoms with Gasteiger partial charge in [0.25, 0.3) is 0 Å². The third-order valence-corrected chi connectivity index (χ3v) is 1.95. The van der Waals surface area contributed by atoms with E-state index in [0.29, 0.717) is 5.56 Å². The summed E-state index contributed by atoms with van der Waals surface area (Å²) in [5, 5.41) is 18.3. The van der Waals surface area contributed by atoms with Crippen molar-refractivity contribution in [1.82, 2.24) is 0 Å². The third-order valence-electron chi connectivity index (χ3n) is 1.95. The zero-order chi connectivity index (χ0) is 10.8. The lowest BCUT2D eigenvalue weighted by atomic mass is 9.96. The first kappa shape index (κ1) is 10.9. The highest BCUT2D eigenvalue weighted by Crippen LogP contribution is 2.13. The fourth-order valence-electron chi connectivity index (χ4n) is 1.11. The van der Waals surface area contributed by atoms with Crippen LogP contribution < -0.4 is 0 Å². The second-order valence-corrected chi connectivity index (χ2v) is 3.74. The van der Waals surface area contributed by atoms with Crippen molar-refractivity contribution >= 4 is 5.78 Å². The van der Waals surface area contributed by atoms with Crippen molar-refractivity contribution in [2.75, 3.05) is 0 Å². The van der Waals surface area contributed by atoms with Crippen LogP contribution in [0.25, 0.3) is 0 Å². The molecule has 0 saturated carbocycles. The molecule has 0 saturated heterocycles. The van der Waals surface area contributed by atoms with E-state index in [9.17, 15) is 9.90 Å². The largest absolute Gasteiger partial charge is 0.392 e. The molecule has 0 atom stereocenters. The first-order valence-electron chi connectivity index (χ1n) is 4.42. The Kier molecular flexibility index (Phi) is 3.03. The Hall–Kier alpha value is -1.19. The molecule has 1 aromatic carbocycles. The molecule has 0 heterocycles. The lowest BCUT2D eigenvalue weighted by Crippen LogP contribution is -2.31. The van der Waals surface area contributed by atoms with Crippen LogP contribution in [0.3, 0.4) is 0 Å². The van der Waals surface area contributed by atoms with Crippen molar-refractivity contribution in [3.05, 3.63) is 35.4 Å². The van der Waals surface area contributed by atoms with Gasteiger partial charge in [-0.1, -0.05) is 24.3 Å². The highest BCUT2D eigenvalue weighted by Gasteiger charge is 2.24. The van der Waals surface area contributed by atoms with Crippen LogP contribution >= 0.6 is 0 Å². The number of benzene rings is 1. The van der Waals surface area contributed by atoms with Crippen molar-refractivity contribution in [2.24, 2.45) is 0 Å². The van der Waals surface area contributed by atoms with E-state index < -0.39 is 5.60 Å². The maximum absolute atomic E-state index is 11.6. The summed E-state index contributed by atoms with van der Waals surface area (Å²) in [5.74, 6) is -0.318. The molecular weight excluding hydrogens is 180 g/mol. The Bertz CT molecular complexity index is 319. The van der Waals surface area contributed by atoms with Crippen LogP contribution in [-0.4, -0.2) is 21.6 Å². The van der Waals surface area contributed by atoms with Gasteiger partial charge in [-0.15, -0.1) is 0 Å². The maximum Gasteiger partial charge on any atom is 0.193 e. The van der Waals surface area contributed by atoms with Gasteiger partial charge in [0, 0.05) is 5.56 Å². The van der Waals surface area contributed by atoms with Crippen LogP contribution in [0.1, 0.15) is 29.8 Å². The van der Waals surface area contributed by atoms with Gasteiger partial charge in [-0.25, -0.2) is 0 Å². The van der Waals surface area contributed by atoms with Gasteiger partial charge in [-0.2, -0.15) is 0 Å². The van der Waals surface area contributed by atoms with Crippen LogP contribution in [0.5, 0.6) is 0 Å². The summed E-state index contributed by atoms with van der Waals surface area (Å²) in [6.07, 6.45) is 0. The molecule has 3 nitrogen and oxygen atoms in total. The Morgan fingerprint density at radius 1 is 1.29 bits per heavy atom. The summed E-state index contributed by atoms with van der Waals surface area (Å²) >= 11 is 0. The number of ketones is 1. The average Bonchev–Trinajstić information content (AvgIpc) is 2.15. The summed E-state index contributed by atoms with van der Waals surface area (Å²) in [5.41, 5.74) is -0.146. The zero-order valence-electron chi connectivity index (χ0n) is 8.32. The van der Waals surface area contributed by atoms with Crippen molar-refractivity contribution < 1.29 is 15.0 Å². The highest BCUT2D eigenvalue weighted by molar-refractivity contribution is 6.01. The molecule has 0 unspecified atom stereocenters. The molecular formula is C11H14O3. The summed E-state index contributed by atoms with van der Waals surface area (Å²) < 4.78 is 0. The first-order valence-corrected chi connectivity index (χ1v) is 4.42. The van der Waals surface area contributed by atoms with Crippen LogP contribution in [0.2, 0.25) is 0 Å². The van der Waals surface area contributed by atoms with Gasteiger partial charge < -0.3 is 10.2 Å². The minimum Gasteiger partial charge on any atom is -0.392 e. The van der Waals surface area contributed by atoms with Gasteiger partial charge in [0.05, 0.1) is 6.61 Å². The van der Waals surface area contributed by atoms with Gasteiger partial charge in [-0.3, -0.25) is 4.79 Å². The highest BCUT2D eigenvalue weighted by atomic mass is 16.3. The number of aliphatic hydroxyl groups is 2. The topological polar surface area (TPSA) is 57.5 Å². The minimum atomic E-state index is -1.35. The van der Waals surface area contributed by atoms with Gasteiger partial charge in [0.1, 0.15) is 5.60 Å². The van der Waals surface area contributed by atoms with Crippen LogP contribution in [0.15, 0.2) is 24.3 Å². The Balaban J connectivity index is 2.93. The Labute approximate surface area is 83.0 Å². The van der Waals surface area contributed by atoms with Crippen LogP contribution in [0, 0.1) is 0 Å². The van der Waals surface area contributed by atoms with Gasteiger partial charge in [0.2, 0.25) is 0 Å². The van der Waals surface area contributed by atoms with Crippen LogP contribution in [0.4, 0.5) is 0 Å². The second kappa shape index (κ2) is 3.90. The van der Waals surface area contributed by atoms with E-state index in [1.165, 1.54) is 13.8 Å². The molecule has 0 aliphatic rings. The fraction of sp³-hybridized carbons (Fsp3) is 0.364. The lowest BCUT2D eigenvalue weighted by molar-refractivity contribution is 0.0488. The summed E-state index contributed by atoms with van der Waals surface area (Å²) in [7, 11) is 0. The predicted octanol–water partition coefficient (Wildman–Crippen LogP) is 1.13. The molecule has 1 aromatic rings. The second-order valence-electron chi connectivity index (χ2n) is 3.74. The van der Waals surface area contributed by atoms with E-state index in [2.05, 4.69) is 0 Å². The zero-order valence-corrected chi connectivity index (χ0v) is 8.32. The molecule has 0 bridgehead atoms. The molecule has 3 heteroatoms. The normalized spacial score (nSPS) is 11.4. The van der Waals surface area contributed by atoms with Crippen LogP contribution in [-0.2, 0) is 6.61 Å².